The highest BCUT2D eigenvalue weighted by Crippen LogP contribution is 2.16. The first-order valence-electron chi connectivity index (χ1n) is 5.97. The predicted octanol–water partition coefficient (Wildman–Crippen LogP) is -0.693. The highest BCUT2D eigenvalue weighted by molar-refractivity contribution is 5.81. The molecule has 98 valence electrons. The number of carbonyl (C=O) groups is 2. The van der Waals surface area contributed by atoms with Crippen molar-refractivity contribution >= 4 is 11.9 Å². The summed E-state index contributed by atoms with van der Waals surface area (Å²) < 4.78 is 0. The lowest BCUT2D eigenvalue weighted by Crippen LogP contribution is -2.71. The van der Waals surface area contributed by atoms with Gasteiger partial charge in [-0.15, -0.1) is 0 Å². The molecule has 1 atom stereocenters. The van der Waals surface area contributed by atoms with Gasteiger partial charge in [0.05, 0.1) is 18.0 Å². The third kappa shape index (κ3) is 3.98. The van der Waals surface area contributed by atoms with E-state index in [2.05, 4.69) is 16.0 Å². The molecule has 17 heavy (non-hydrogen) atoms. The summed E-state index contributed by atoms with van der Waals surface area (Å²) in [6, 6.07) is -0.372. The first-order valence-corrected chi connectivity index (χ1v) is 5.97. The van der Waals surface area contributed by atoms with Crippen molar-refractivity contribution in [3.05, 3.63) is 0 Å². The Balaban J connectivity index is 2.44. The van der Waals surface area contributed by atoms with E-state index in [1.807, 2.05) is 6.92 Å². The van der Waals surface area contributed by atoms with Crippen molar-refractivity contribution in [3.8, 4) is 0 Å². The lowest BCUT2D eigenvalue weighted by Gasteiger charge is -2.44. The Hall–Kier alpha value is -1.14. The smallest absolute Gasteiger partial charge is 0.305 e. The van der Waals surface area contributed by atoms with E-state index < -0.39 is 11.5 Å². The molecule has 1 amide bonds. The van der Waals surface area contributed by atoms with Crippen molar-refractivity contribution in [1.29, 1.82) is 0 Å². The zero-order valence-electron chi connectivity index (χ0n) is 10.4. The number of carbonyl (C=O) groups excluding carboxylic acids is 1. The average Bonchev–Trinajstić information content (AvgIpc) is 2.21. The lowest BCUT2D eigenvalue weighted by atomic mass is 9.87. The second-order valence-corrected chi connectivity index (χ2v) is 4.61. The largest absolute Gasteiger partial charge is 0.481 e. The first-order chi connectivity index (χ1) is 7.99. The Morgan fingerprint density at radius 1 is 1.47 bits per heavy atom. The van der Waals surface area contributed by atoms with E-state index in [4.69, 9.17) is 5.11 Å². The minimum atomic E-state index is -0.847. The molecule has 1 unspecified atom stereocenters. The molecule has 4 N–H and O–H groups in total. The molecule has 1 aliphatic heterocycles. The van der Waals surface area contributed by atoms with Crippen molar-refractivity contribution in [2.75, 3.05) is 19.6 Å². The van der Waals surface area contributed by atoms with Crippen molar-refractivity contribution in [2.45, 2.75) is 38.3 Å². The summed E-state index contributed by atoms with van der Waals surface area (Å²) in [4.78, 5) is 22.4. The van der Waals surface area contributed by atoms with Gasteiger partial charge in [0.25, 0.3) is 0 Å². The molecule has 1 aliphatic rings. The normalized spacial score (nSPS) is 19.2. The fourth-order valence-corrected chi connectivity index (χ4v) is 1.92. The van der Waals surface area contributed by atoms with E-state index in [1.54, 1.807) is 6.92 Å². The maximum Gasteiger partial charge on any atom is 0.305 e. The summed E-state index contributed by atoms with van der Waals surface area (Å²) in [5.41, 5.74) is -0.477. The number of rotatable bonds is 7. The first kappa shape index (κ1) is 13.9. The standard InChI is InChI=1S/C11H21N3O3/c1-3-4-13-10(17)8(2)14-11(5-9(15)16)6-12-7-11/h8,12,14H,3-7H2,1-2H3,(H,13,17)(H,15,16). The van der Waals surface area contributed by atoms with E-state index in [0.717, 1.165) is 6.42 Å². The summed E-state index contributed by atoms with van der Waals surface area (Å²) >= 11 is 0. The van der Waals surface area contributed by atoms with E-state index >= 15 is 0 Å². The van der Waals surface area contributed by atoms with Gasteiger partial charge < -0.3 is 15.7 Å². The minimum Gasteiger partial charge on any atom is -0.481 e. The molecule has 0 spiro atoms. The van der Waals surface area contributed by atoms with Gasteiger partial charge in [-0.3, -0.25) is 14.9 Å². The second-order valence-electron chi connectivity index (χ2n) is 4.61. The van der Waals surface area contributed by atoms with Crippen LogP contribution in [0.4, 0.5) is 0 Å². The van der Waals surface area contributed by atoms with Gasteiger partial charge in [0, 0.05) is 19.6 Å². The van der Waals surface area contributed by atoms with Crippen LogP contribution < -0.4 is 16.0 Å². The highest BCUT2D eigenvalue weighted by atomic mass is 16.4. The number of hydrogen-bond acceptors (Lipinski definition) is 4. The monoisotopic (exact) mass is 243 g/mol. The maximum atomic E-state index is 11.7. The number of aliphatic carboxylic acids is 1. The molecule has 0 saturated carbocycles. The van der Waals surface area contributed by atoms with E-state index in [1.165, 1.54) is 0 Å². The van der Waals surface area contributed by atoms with Crippen LogP contribution >= 0.6 is 0 Å². The van der Waals surface area contributed by atoms with Gasteiger partial charge in [0.15, 0.2) is 0 Å². The van der Waals surface area contributed by atoms with Crippen LogP contribution in [0.2, 0.25) is 0 Å². The number of carboxylic acids is 1. The average molecular weight is 243 g/mol. The van der Waals surface area contributed by atoms with Crippen LogP contribution in [0.3, 0.4) is 0 Å². The predicted molar refractivity (Wildman–Crippen MR) is 63.8 cm³/mol. The van der Waals surface area contributed by atoms with Crippen LogP contribution in [0, 0.1) is 0 Å². The molecule has 0 bridgehead atoms. The van der Waals surface area contributed by atoms with Gasteiger partial charge in [-0.05, 0) is 13.3 Å². The number of nitrogens with one attached hydrogen (secondary N) is 3. The Labute approximate surface area is 101 Å². The van der Waals surface area contributed by atoms with Crippen LogP contribution in [-0.2, 0) is 9.59 Å². The molecule has 1 saturated heterocycles. The zero-order chi connectivity index (χ0) is 12.9. The van der Waals surface area contributed by atoms with Crippen LogP contribution in [0.25, 0.3) is 0 Å². The summed E-state index contributed by atoms with van der Waals surface area (Å²) in [6.45, 7) is 5.57. The van der Waals surface area contributed by atoms with Gasteiger partial charge in [0.1, 0.15) is 0 Å². The van der Waals surface area contributed by atoms with E-state index in [0.29, 0.717) is 19.6 Å². The molecule has 0 aromatic heterocycles. The molecule has 0 aliphatic carbocycles. The van der Waals surface area contributed by atoms with Crippen LogP contribution in [0.15, 0.2) is 0 Å². The second kappa shape index (κ2) is 5.97. The van der Waals surface area contributed by atoms with Gasteiger partial charge in [-0.1, -0.05) is 6.92 Å². The van der Waals surface area contributed by atoms with Gasteiger partial charge in [-0.2, -0.15) is 0 Å². The van der Waals surface area contributed by atoms with Crippen molar-refractivity contribution in [1.82, 2.24) is 16.0 Å². The van der Waals surface area contributed by atoms with Crippen molar-refractivity contribution in [3.63, 3.8) is 0 Å². The molecule has 1 rings (SSSR count). The van der Waals surface area contributed by atoms with Crippen LogP contribution in [-0.4, -0.2) is 48.2 Å². The summed E-state index contributed by atoms with van der Waals surface area (Å²) in [5, 5.41) is 17.8. The van der Waals surface area contributed by atoms with Crippen LogP contribution in [0.1, 0.15) is 26.7 Å². The number of hydrogen-bond donors (Lipinski definition) is 4. The molecule has 0 radical (unpaired) electrons. The van der Waals surface area contributed by atoms with E-state index in [9.17, 15) is 9.59 Å². The summed E-state index contributed by atoms with van der Waals surface area (Å²) in [7, 11) is 0. The van der Waals surface area contributed by atoms with Gasteiger partial charge in [0.2, 0.25) is 5.91 Å². The van der Waals surface area contributed by atoms with Crippen LogP contribution in [0.5, 0.6) is 0 Å². The third-order valence-corrected chi connectivity index (χ3v) is 2.88. The Kier molecular flexibility index (Phi) is 4.89. The Bertz CT molecular complexity index is 290. The van der Waals surface area contributed by atoms with Crippen molar-refractivity contribution < 1.29 is 14.7 Å². The number of amides is 1. The number of carboxylic acid groups (broad SMARTS) is 1. The molecule has 6 heteroatoms. The molecular formula is C11H21N3O3. The van der Waals surface area contributed by atoms with E-state index in [-0.39, 0.29) is 18.4 Å². The SMILES string of the molecule is CCCNC(=O)C(C)NC1(CC(=O)O)CNC1. The van der Waals surface area contributed by atoms with Crippen molar-refractivity contribution in [2.24, 2.45) is 0 Å². The van der Waals surface area contributed by atoms with Gasteiger partial charge >= 0.3 is 5.97 Å². The minimum absolute atomic E-state index is 0.0331. The third-order valence-electron chi connectivity index (χ3n) is 2.88. The Morgan fingerprint density at radius 3 is 2.53 bits per heavy atom. The highest BCUT2D eigenvalue weighted by Gasteiger charge is 2.40. The molecule has 1 heterocycles. The lowest BCUT2D eigenvalue weighted by molar-refractivity contribution is -0.140. The quantitative estimate of drug-likeness (QED) is 0.475. The summed E-state index contributed by atoms with van der Waals surface area (Å²) in [5.74, 6) is -0.927. The molecule has 0 aromatic carbocycles. The Morgan fingerprint density at radius 2 is 2.12 bits per heavy atom. The molecule has 1 fully saturated rings. The molecule has 6 nitrogen and oxygen atoms in total. The zero-order valence-corrected chi connectivity index (χ0v) is 10.4. The topological polar surface area (TPSA) is 90.5 Å². The summed E-state index contributed by atoms with van der Waals surface area (Å²) in [6.07, 6.45) is 0.922. The fraction of sp³-hybridized carbons (Fsp3) is 0.818. The van der Waals surface area contributed by atoms with Gasteiger partial charge in [-0.25, -0.2) is 0 Å². The molecular weight excluding hydrogens is 222 g/mol. The molecule has 0 aromatic rings. The maximum absolute atomic E-state index is 11.7. The fourth-order valence-electron chi connectivity index (χ4n) is 1.92.